The first kappa shape index (κ1) is 9.01. The van der Waals surface area contributed by atoms with Gasteiger partial charge in [0.05, 0.1) is 0 Å². The van der Waals surface area contributed by atoms with Crippen LogP contribution in [0.3, 0.4) is 0 Å². The lowest BCUT2D eigenvalue weighted by atomic mass is 10.1. The molecule has 0 heterocycles. The van der Waals surface area contributed by atoms with E-state index in [2.05, 4.69) is 30.3 Å². The molecule has 0 aromatic heterocycles. The molecule has 1 heteroatoms. The van der Waals surface area contributed by atoms with Crippen molar-refractivity contribution in [3.8, 4) is 0 Å². The van der Waals surface area contributed by atoms with Gasteiger partial charge in [0, 0.05) is 6.04 Å². The SMILES string of the molecule is CC(N)/C=C/Cc1ccccc1. The fraction of sp³-hybridized carbons (Fsp3) is 0.273. The molecule has 1 rings (SSSR count). The Morgan fingerprint density at radius 2 is 2.00 bits per heavy atom. The Morgan fingerprint density at radius 1 is 1.33 bits per heavy atom. The van der Waals surface area contributed by atoms with Gasteiger partial charge in [-0.15, -0.1) is 0 Å². The molecule has 0 bridgehead atoms. The molecule has 0 amide bonds. The summed E-state index contributed by atoms with van der Waals surface area (Å²) in [7, 11) is 0. The molecule has 0 radical (unpaired) electrons. The second-order valence-electron chi connectivity index (χ2n) is 2.98. The van der Waals surface area contributed by atoms with E-state index >= 15 is 0 Å². The zero-order chi connectivity index (χ0) is 8.81. The van der Waals surface area contributed by atoms with Crippen molar-refractivity contribution in [1.29, 1.82) is 0 Å². The number of benzene rings is 1. The minimum atomic E-state index is 0.161. The van der Waals surface area contributed by atoms with Crippen molar-refractivity contribution in [1.82, 2.24) is 0 Å². The van der Waals surface area contributed by atoms with Crippen LogP contribution in [-0.2, 0) is 6.42 Å². The largest absolute Gasteiger partial charge is 0.325 e. The predicted molar refractivity (Wildman–Crippen MR) is 52.9 cm³/mol. The molecule has 1 unspecified atom stereocenters. The molecule has 0 spiro atoms. The summed E-state index contributed by atoms with van der Waals surface area (Å²) in [6.45, 7) is 1.97. The summed E-state index contributed by atoms with van der Waals surface area (Å²) >= 11 is 0. The number of hydrogen-bond donors (Lipinski definition) is 1. The van der Waals surface area contributed by atoms with Gasteiger partial charge >= 0.3 is 0 Å². The lowest BCUT2D eigenvalue weighted by Gasteiger charge is -1.96. The number of allylic oxidation sites excluding steroid dienone is 1. The maximum absolute atomic E-state index is 5.57. The summed E-state index contributed by atoms with van der Waals surface area (Å²) in [5, 5.41) is 0. The molecule has 0 saturated carbocycles. The number of rotatable bonds is 3. The van der Waals surface area contributed by atoms with E-state index in [1.807, 2.05) is 19.1 Å². The fourth-order valence-corrected chi connectivity index (χ4v) is 1.03. The number of hydrogen-bond acceptors (Lipinski definition) is 1. The highest BCUT2D eigenvalue weighted by Gasteiger charge is 1.86. The second-order valence-corrected chi connectivity index (χ2v) is 2.98. The van der Waals surface area contributed by atoms with Crippen LogP contribution in [0.4, 0.5) is 0 Å². The van der Waals surface area contributed by atoms with Gasteiger partial charge in [0.25, 0.3) is 0 Å². The predicted octanol–water partition coefficient (Wildman–Crippen LogP) is 2.13. The maximum Gasteiger partial charge on any atom is 0.0194 e. The van der Waals surface area contributed by atoms with Gasteiger partial charge in [0.15, 0.2) is 0 Å². The van der Waals surface area contributed by atoms with Crippen LogP contribution in [0.5, 0.6) is 0 Å². The van der Waals surface area contributed by atoms with Crippen LogP contribution in [0, 0.1) is 0 Å². The summed E-state index contributed by atoms with van der Waals surface area (Å²) in [6.07, 6.45) is 5.11. The van der Waals surface area contributed by atoms with Gasteiger partial charge in [-0.3, -0.25) is 0 Å². The maximum atomic E-state index is 5.57. The molecule has 0 aliphatic heterocycles. The highest BCUT2D eigenvalue weighted by Crippen LogP contribution is 1.99. The van der Waals surface area contributed by atoms with E-state index in [0.717, 1.165) is 6.42 Å². The van der Waals surface area contributed by atoms with E-state index in [9.17, 15) is 0 Å². The van der Waals surface area contributed by atoms with Crippen LogP contribution >= 0.6 is 0 Å². The highest BCUT2D eigenvalue weighted by molar-refractivity contribution is 5.17. The molecule has 2 N–H and O–H groups in total. The summed E-state index contributed by atoms with van der Waals surface area (Å²) in [5.41, 5.74) is 6.90. The first-order valence-corrected chi connectivity index (χ1v) is 4.25. The van der Waals surface area contributed by atoms with E-state index in [4.69, 9.17) is 5.73 Å². The zero-order valence-corrected chi connectivity index (χ0v) is 7.40. The zero-order valence-electron chi connectivity index (χ0n) is 7.40. The minimum Gasteiger partial charge on any atom is -0.325 e. The molecule has 1 aromatic carbocycles. The van der Waals surface area contributed by atoms with Gasteiger partial charge in [-0.25, -0.2) is 0 Å². The summed E-state index contributed by atoms with van der Waals surface area (Å²) in [6, 6.07) is 10.5. The minimum absolute atomic E-state index is 0.161. The molecule has 1 aromatic rings. The fourth-order valence-electron chi connectivity index (χ4n) is 1.03. The summed E-state index contributed by atoms with van der Waals surface area (Å²) in [4.78, 5) is 0. The normalized spacial score (nSPS) is 13.5. The van der Waals surface area contributed by atoms with E-state index in [1.165, 1.54) is 5.56 Å². The van der Waals surface area contributed by atoms with Gasteiger partial charge in [-0.2, -0.15) is 0 Å². The highest BCUT2D eigenvalue weighted by atomic mass is 14.6. The van der Waals surface area contributed by atoms with Crippen LogP contribution in [0.25, 0.3) is 0 Å². The van der Waals surface area contributed by atoms with Crippen LogP contribution in [0.15, 0.2) is 42.5 Å². The molecule has 1 nitrogen and oxygen atoms in total. The van der Waals surface area contributed by atoms with E-state index in [-0.39, 0.29) is 6.04 Å². The summed E-state index contributed by atoms with van der Waals surface area (Å²) < 4.78 is 0. The van der Waals surface area contributed by atoms with Gasteiger partial charge in [-0.05, 0) is 18.9 Å². The lowest BCUT2D eigenvalue weighted by molar-refractivity contribution is 0.920. The van der Waals surface area contributed by atoms with Crippen molar-refractivity contribution in [3.05, 3.63) is 48.0 Å². The first-order valence-electron chi connectivity index (χ1n) is 4.25. The number of nitrogens with two attached hydrogens (primary N) is 1. The Labute approximate surface area is 73.9 Å². The van der Waals surface area contributed by atoms with E-state index < -0.39 is 0 Å². The Kier molecular flexibility index (Phi) is 3.55. The smallest absolute Gasteiger partial charge is 0.0194 e. The molecule has 64 valence electrons. The van der Waals surface area contributed by atoms with Crippen molar-refractivity contribution in [2.24, 2.45) is 5.73 Å². The molecule has 1 atom stereocenters. The third kappa shape index (κ3) is 3.35. The second kappa shape index (κ2) is 4.73. The first-order chi connectivity index (χ1) is 5.79. The van der Waals surface area contributed by atoms with Crippen molar-refractivity contribution in [3.63, 3.8) is 0 Å². The topological polar surface area (TPSA) is 26.0 Å². The Balaban J connectivity index is 2.43. The molecule has 12 heavy (non-hydrogen) atoms. The lowest BCUT2D eigenvalue weighted by Crippen LogP contribution is -2.10. The molecular weight excluding hydrogens is 146 g/mol. The van der Waals surface area contributed by atoms with Crippen molar-refractivity contribution < 1.29 is 0 Å². The van der Waals surface area contributed by atoms with Gasteiger partial charge in [0.1, 0.15) is 0 Å². The summed E-state index contributed by atoms with van der Waals surface area (Å²) in [5.74, 6) is 0. The third-order valence-corrected chi connectivity index (χ3v) is 1.64. The molecule has 0 fully saturated rings. The van der Waals surface area contributed by atoms with Crippen molar-refractivity contribution in [2.45, 2.75) is 19.4 Å². The molecule has 0 aliphatic carbocycles. The van der Waals surface area contributed by atoms with E-state index in [1.54, 1.807) is 0 Å². The Bertz CT molecular complexity index is 236. The molecule has 0 saturated heterocycles. The molecular formula is C11H15N. The van der Waals surface area contributed by atoms with Crippen LogP contribution < -0.4 is 5.73 Å². The standard InChI is InChI=1S/C11H15N/c1-10(12)6-5-9-11-7-3-2-4-8-11/h2-8,10H,9,12H2,1H3/b6-5+. The van der Waals surface area contributed by atoms with Gasteiger partial charge in [-0.1, -0.05) is 42.5 Å². The van der Waals surface area contributed by atoms with Crippen LogP contribution in [-0.4, -0.2) is 6.04 Å². The molecule has 0 aliphatic rings. The Hall–Kier alpha value is -1.08. The van der Waals surface area contributed by atoms with Crippen LogP contribution in [0.1, 0.15) is 12.5 Å². The van der Waals surface area contributed by atoms with Crippen molar-refractivity contribution in [2.75, 3.05) is 0 Å². The quantitative estimate of drug-likeness (QED) is 0.675. The average molecular weight is 161 g/mol. The third-order valence-electron chi connectivity index (χ3n) is 1.64. The average Bonchev–Trinajstić information content (AvgIpc) is 2.05. The van der Waals surface area contributed by atoms with Crippen molar-refractivity contribution >= 4 is 0 Å². The van der Waals surface area contributed by atoms with Gasteiger partial charge < -0.3 is 5.73 Å². The monoisotopic (exact) mass is 161 g/mol. The van der Waals surface area contributed by atoms with E-state index in [0.29, 0.717) is 0 Å². The van der Waals surface area contributed by atoms with Crippen LogP contribution in [0.2, 0.25) is 0 Å². The Morgan fingerprint density at radius 3 is 2.58 bits per heavy atom. The van der Waals surface area contributed by atoms with Gasteiger partial charge in [0.2, 0.25) is 0 Å².